The van der Waals surface area contributed by atoms with Gasteiger partial charge in [0.2, 0.25) is 5.91 Å². The number of nitrogens with zero attached hydrogens (tertiary/aromatic N) is 1. The first-order valence-corrected chi connectivity index (χ1v) is 13.5. The number of carbonyl (C=O) groups is 3. The highest BCUT2D eigenvalue weighted by molar-refractivity contribution is 5.94. The highest BCUT2D eigenvalue weighted by Crippen LogP contribution is 2.39. The summed E-state index contributed by atoms with van der Waals surface area (Å²) in [7, 11) is 0. The third kappa shape index (κ3) is 9.77. The summed E-state index contributed by atoms with van der Waals surface area (Å²) in [6.45, 7) is 6.50. The van der Waals surface area contributed by atoms with Crippen LogP contribution in [-0.2, 0) is 22.6 Å². The lowest BCUT2D eigenvalue weighted by Crippen LogP contribution is -2.43. The number of nitrogens with one attached hydrogen (secondary N) is 1. The third-order valence-electron chi connectivity index (χ3n) is 7.50. The minimum atomic E-state index is -4.80. The van der Waals surface area contributed by atoms with Gasteiger partial charge in [0.1, 0.15) is 5.75 Å². The number of ether oxygens (including phenoxy) is 1. The topological polar surface area (TPSA) is 116 Å². The van der Waals surface area contributed by atoms with Crippen LogP contribution >= 0.6 is 0 Å². The highest BCUT2D eigenvalue weighted by atomic mass is 19.4. The molecule has 0 aromatic heterocycles. The zero-order chi connectivity index (χ0) is 30.4. The minimum Gasteiger partial charge on any atom is -0.479 e. The first-order valence-electron chi connectivity index (χ1n) is 13.5. The molecule has 1 aliphatic rings. The average Bonchev–Trinajstić information content (AvgIpc) is 2.90. The fourth-order valence-electron chi connectivity index (χ4n) is 5.10. The monoisotopic (exact) mass is 578 g/mol. The minimum absolute atomic E-state index is 0.00517. The first-order chi connectivity index (χ1) is 19.1. The summed E-state index contributed by atoms with van der Waals surface area (Å²) in [5.41, 5.74) is 1.79. The number of benzene rings is 2. The predicted octanol–water partition coefficient (Wildman–Crippen LogP) is 4.94. The third-order valence-corrected chi connectivity index (χ3v) is 7.50. The number of hydrogen-bond donors (Lipinski definition) is 3. The van der Waals surface area contributed by atoms with Crippen LogP contribution < -0.4 is 10.1 Å². The van der Waals surface area contributed by atoms with E-state index in [2.05, 4.69) is 30.8 Å². The van der Waals surface area contributed by atoms with Crippen LogP contribution in [0.2, 0.25) is 0 Å². The van der Waals surface area contributed by atoms with E-state index in [1.54, 1.807) is 24.3 Å². The zero-order valence-corrected chi connectivity index (χ0v) is 23.4. The number of carboxylic acids is 1. The van der Waals surface area contributed by atoms with Crippen LogP contribution in [0.5, 0.6) is 5.75 Å². The average molecular weight is 579 g/mol. The van der Waals surface area contributed by atoms with E-state index in [1.807, 2.05) is 4.90 Å². The van der Waals surface area contributed by atoms with Crippen molar-refractivity contribution in [1.82, 2.24) is 10.2 Å². The molecular weight excluding hydrogens is 541 g/mol. The maximum atomic E-state index is 13.6. The second kappa shape index (κ2) is 13.4. The molecule has 1 atom stereocenters. The Morgan fingerprint density at radius 3 is 2.02 bits per heavy atom. The number of halogens is 3. The van der Waals surface area contributed by atoms with Crippen LogP contribution in [0.4, 0.5) is 13.2 Å². The van der Waals surface area contributed by atoms with Gasteiger partial charge in [0.05, 0.1) is 13.0 Å². The van der Waals surface area contributed by atoms with E-state index in [1.165, 1.54) is 24.3 Å². The fraction of sp³-hybridized carbons (Fsp3) is 0.500. The van der Waals surface area contributed by atoms with Crippen LogP contribution in [-0.4, -0.2) is 57.9 Å². The number of carboxylic acid groups (broad SMARTS) is 1. The van der Waals surface area contributed by atoms with Gasteiger partial charge in [-0.2, -0.15) is 0 Å². The molecule has 0 aliphatic heterocycles. The summed E-state index contributed by atoms with van der Waals surface area (Å²) in [5.74, 6) is -1.95. The Hall–Kier alpha value is -3.60. The molecule has 1 fully saturated rings. The number of aliphatic hydroxyl groups excluding tert-OH is 1. The molecule has 2 amide bonds. The number of amides is 2. The molecule has 0 bridgehead atoms. The fourth-order valence-corrected chi connectivity index (χ4v) is 5.10. The van der Waals surface area contributed by atoms with Gasteiger partial charge < -0.3 is 25.2 Å². The van der Waals surface area contributed by atoms with Gasteiger partial charge in [-0.05, 0) is 72.4 Å². The normalized spacial score (nSPS) is 18.3. The van der Waals surface area contributed by atoms with Gasteiger partial charge in [-0.15, -0.1) is 13.2 Å². The van der Waals surface area contributed by atoms with Crippen LogP contribution in [0.15, 0.2) is 48.5 Å². The molecule has 41 heavy (non-hydrogen) atoms. The Balaban J connectivity index is 1.72. The summed E-state index contributed by atoms with van der Waals surface area (Å²) in [4.78, 5) is 38.5. The second-order valence-corrected chi connectivity index (χ2v) is 11.5. The Kier molecular flexibility index (Phi) is 10.4. The molecule has 3 rings (SSSR count). The highest BCUT2D eigenvalue weighted by Gasteiger charge is 2.34. The van der Waals surface area contributed by atoms with E-state index in [0.717, 1.165) is 31.2 Å². The van der Waals surface area contributed by atoms with Crippen LogP contribution in [0.3, 0.4) is 0 Å². The quantitative estimate of drug-likeness (QED) is 0.368. The molecule has 224 valence electrons. The molecule has 0 saturated heterocycles. The summed E-state index contributed by atoms with van der Waals surface area (Å²) in [6.07, 6.45) is -2.88. The maximum absolute atomic E-state index is 13.6. The molecule has 0 unspecified atom stereocenters. The molecule has 1 aliphatic carbocycles. The Morgan fingerprint density at radius 2 is 1.51 bits per heavy atom. The first kappa shape index (κ1) is 31.9. The van der Waals surface area contributed by atoms with Crippen LogP contribution in [0.1, 0.15) is 67.9 Å². The Labute approximate surface area is 237 Å². The molecule has 11 heteroatoms. The summed E-state index contributed by atoms with van der Waals surface area (Å²) >= 11 is 0. The number of alkyl halides is 3. The van der Waals surface area contributed by atoms with E-state index < -0.39 is 30.9 Å². The van der Waals surface area contributed by atoms with E-state index in [4.69, 9.17) is 5.11 Å². The summed E-state index contributed by atoms with van der Waals surface area (Å²) in [6, 6.07) is 11.8. The van der Waals surface area contributed by atoms with Crippen molar-refractivity contribution >= 4 is 17.8 Å². The van der Waals surface area contributed by atoms with Gasteiger partial charge in [0.25, 0.3) is 5.91 Å². The van der Waals surface area contributed by atoms with E-state index >= 15 is 0 Å². The van der Waals surface area contributed by atoms with Crippen LogP contribution in [0.25, 0.3) is 0 Å². The number of carbonyl (C=O) groups excluding carboxylic acids is 2. The Bertz CT molecular complexity index is 1180. The van der Waals surface area contributed by atoms with Crippen molar-refractivity contribution in [3.05, 3.63) is 65.2 Å². The standard InChI is InChI=1S/C30H37F3N2O6/c1-29(2,3)22-10-12-23(13-11-22)35(26(37)16-19-6-14-24(15-7-19)41-30(31,32)33)18-20-4-8-21(9-5-20)27(38)34-17-25(36)28(39)40/h4-9,14-15,22-23,25,36H,10-13,16-18H2,1-3H3,(H,34,38)(H,39,40)/t22?,23?,25-/m1/s1. The van der Waals surface area contributed by atoms with E-state index in [-0.39, 0.29) is 35.1 Å². The second-order valence-electron chi connectivity index (χ2n) is 11.5. The SMILES string of the molecule is CC(C)(C)C1CCC(N(Cc2ccc(C(=O)NC[C@@H](O)C(=O)O)cc2)C(=O)Cc2ccc(OC(F)(F)F)cc2)CC1. The molecule has 1 saturated carbocycles. The molecule has 0 heterocycles. The molecule has 2 aromatic carbocycles. The molecular formula is C30H37F3N2O6. The lowest BCUT2D eigenvalue weighted by molar-refractivity contribution is -0.274. The number of aliphatic hydroxyl groups is 1. The van der Waals surface area contributed by atoms with E-state index in [0.29, 0.717) is 18.0 Å². The van der Waals surface area contributed by atoms with Gasteiger partial charge in [0.15, 0.2) is 6.10 Å². The number of rotatable bonds is 10. The van der Waals surface area contributed by atoms with Crippen LogP contribution in [0, 0.1) is 11.3 Å². The molecule has 2 aromatic rings. The van der Waals surface area contributed by atoms with Gasteiger partial charge in [-0.25, -0.2) is 4.79 Å². The zero-order valence-electron chi connectivity index (χ0n) is 23.4. The van der Waals surface area contributed by atoms with Gasteiger partial charge in [0, 0.05) is 18.2 Å². The van der Waals surface area contributed by atoms with Crippen molar-refractivity contribution in [3.8, 4) is 5.75 Å². The van der Waals surface area contributed by atoms with Crippen molar-refractivity contribution in [1.29, 1.82) is 0 Å². The number of aliphatic carboxylic acids is 1. The lowest BCUT2D eigenvalue weighted by Gasteiger charge is -2.41. The van der Waals surface area contributed by atoms with Crippen molar-refractivity contribution in [2.45, 2.75) is 77.9 Å². The maximum Gasteiger partial charge on any atom is 0.573 e. The van der Waals surface area contributed by atoms with Crippen molar-refractivity contribution in [2.24, 2.45) is 11.3 Å². The number of hydrogen-bond acceptors (Lipinski definition) is 5. The van der Waals surface area contributed by atoms with Crippen molar-refractivity contribution in [2.75, 3.05) is 6.54 Å². The van der Waals surface area contributed by atoms with Gasteiger partial charge >= 0.3 is 12.3 Å². The molecule has 8 nitrogen and oxygen atoms in total. The lowest BCUT2D eigenvalue weighted by atomic mass is 9.71. The molecule has 0 spiro atoms. The van der Waals surface area contributed by atoms with Crippen molar-refractivity contribution in [3.63, 3.8) is 0 Å². The van der Waals surface area contributed by atoms with Crippen molar-refractivity contribution < 1.29 is 42.5 Å². The predicted molar refractivity (Wildman–Crippen MR) is 145 cm³/mol. The molecule has 0 radical (unpaired) electrons. The Morgan fingerprint density at radius 1 is 0.951 bits per heavy atom. The molecule has 3 N–H and O–H groups in total. The largest absolute Gasteiger partial charge is 0.573 e. The van der Waals surface area contributed by atoms with Gasteiger partial charge in [-0.1, -0.05) is 45.0 Å². The van der Waals surface area contributed by atoms with E-state index in [9.17, 15) is 32.7 Å². The summed E-state index contributed by atoms with van der Waals surface area (Å²) < 4.78 is 41.4. The smallest absolute Gasteiger partial charge is 0.479 e. The summed E-state index contributed by atoms with van der Waals surface area (Å²) in [5, 5.41) is 20.5. The van der Waals surface area contributed by atoms with Gasteiger partial charge in [-0.3, -0.25) is 9.59 Å².